The maximum Gasteiger partial charge on any atom is 0.230 e. The van der Waals surface area contributed by atoms with Gasteiger partial charge in [-0.05, 0) is 37.0 Å². The number of aromatic nitrogens is 4. The largest absolute Gasteiger partial charge is 0.353 e. The fourth-order valence-corrected chi connectivity index (χ4v) is 3.95. The number of hydrogen-bond donors (Lipinski definition) is 2. The number of nitrogens with zero attached hydrogens (tertiary/aromatic N) is 3. The number of carbonyl (C=O) groups is 1. The molecule has 0 aliphatic heterocycles. The lowest BCUT2D eigenvalue weighted by atomic mass is 10.1. The van der Waals surface area contributed by atoms with E-state index in [4.69, 9.17) is 0 Å². The van der Waals surface area contributed by atoms with Crippen molar-refractivity contribution in [2.24, 2.45) is 0 Å². The topological polar surface area (TPSA) is 83.6 Å². The van der Waals surface area contributed by atoms with Crippen LogP contribution in [0, 0.1) is 0 Å². The van der Waals surface area contributed by atoms with Crippen molar-refractivity contribution in [3.05, 3.63) is 23.8 Å². The molecule has 1 aromatic carbocycles. The Hall–Kier alpha value is -2.15. The molecule has 1 fully saturated rings. The number of fused-ring (bicyclic) bond motifs is 3. The lowest BCUT2D eigenvalue weighted by molar-refractivity contribution is -0.119. The zero-order valence-corrected chi connectivity index (χ0v) is 15.0. The third-order valence-electron chi connectivity index (χ3n) is 4.72. The summed E-state index contributed by atoms with van der Waals surface area (Å²) in [6, 6.07) is 6.64. The third kappa shape index (κ3) is 3.46. The first kappa shape index (κ1) is 16.3. The summed E-state index contributed by atoms with van der Waals surface area (Å²) in [7, 11) is 0. The standard InChI is InChI=1S/C18H21N5OS/c1-2-11-7-8-14-13(9-11)16-17(20-14)21-18(23-22-16)25-10-15(24)19-12-5-3-4-6-12/h7-9,12H,2-6,10H2,1H3,(H,19,24)(H,20,21,23). The van der Waals surface area contributed by atoms with Crippen molar-refractivity contribution in [2.75, 3.05) is 5.75 Å². The number of hydrogen-bond acceptors (Lipinski definition) is 5. The monoisotopic (exact) mass is 355 g/mol. The quantitative estimate of drug-likeness (QED) is 0.687. The van der Waals surface area contributed by atoms with Crippen LogP contribution in [0.1, 0.15) is 38.2 Å². The van der Waals surface area contributed by atoms with Crippen molar-refractivity contribution in [1.82, 2.24) is 25.5 Å². The van der Waals surface area contributed by atoms with Gasteiger partial charge in [-0.25, -0.2) is 4.98 Å². The minimum Gasteiger partial charge on any atom is -0.353 e. The number of amides is 1. The van der Waals surface area contributed by atoms with Gasteiger partial charge in [-0.3, -0.25) is 4.79 Å². The molecule has 2 heterocycles. The van der Waals surface area contributed by atoms with Crippen LogP contribution in [0.3, 0.4) is 0 Å². The number of aromatic amines is 1. The highest BCUT2D eigenvalue weighted by Crippen LogP contribution is 2.25. The fraction of sp³-hybridized carbons (Fsp3) is 0.444. The summed E-state index contributed by atoms with van der Waals surface area (Å²) in [5.41, 5.74) is 3.77. The van der Waals surface area contributed by atoms with Gasteiger partial charge in [-0.15, -0.1) is 10.2 Å². The molecule has 1 aliphatic rings. The Kier molecular flexibility index (Phi) is 4.57. The number of nitrogens with one attached hydrogen (secondary N) is 2. The smallest absolute Gasteiger partial charge is 0.230 e. The number of aryl methyl sites for hydroxylation is 1. The van der Waals surface area contributed by atoms with Crippen LogP contribution >= 0.6 is 11.8 Å². The Morgan fingerprint density at radius 1 is 1.32 bits per heavy atom. The summed E-state index contributed by atoms with van der Waals surface area (Å²) in [6.45, 7) is 2.13. The molecule has 0 bridgehead atoms. The summed E-state index contributed by atoms with van der Waals surface area (Å²) in [6.07, 6.45) is 5.59. The maximum absolute atomic E-state index is 12.0. The Morgan fingerprint density at radius 2 is 2.16 bits per heavy atom. The average Bonchev–Trinajstić information content (AvgIpc) is 3.26. The molecule has 7 heteroatoms. The number of benzene rings is 1. The van der Waals surface area contributed by atoms with Gasteiger partial charge in [0.1, 0.15) is 5.52 Å². The molecular formula is C18H21N5OS. The average molecular weight is 355 g/mol. The van der Waals surface area contributed by atoms with Gasteiger partial charge in [0.2, 0.25) is 11.1 Å². The van der Waals surface area contributed by atoms with Crippen molar-refractivity contribution in [3.63, 3.8) is 0 Å². The van der Waals surface area contributed by atoms with E-state index < -0.39 is 0 Å². The van der Waals surface area contributed by atoms with Crippen molar-refractivity contribution in [1.29, 1.82) is 0 Å². The van der Waals surface area contributed by atoms with Crippen LogP contribution in [0.4, 0.5) is 0 Å². The second kappa shape index (κ2) is 7.00. The van der Waals surface area contributed by atoms with Crippen LogP contribution < -0.4 is 5.32 Å². The van der Waals surface area contributed by atoms with Gasteiger partial charge < -0.3 is 10.3 Å². The van der Waals surface area contributed by atoms with E-state index in [0.717, 1.165) is 41.3 Å². The molecule has 1 saturated carbocycles. The number of carbonyl (C=O) groups excluding carboxylic acids is 1. The number of rotatable bonds is 5. The van der Waals surface area contributed by atoms with E-state index in [1.165, 1.54) is 30.2 Å². The van der Waals surface area contributed by atoms with E-state index in [-0.39, 0.29) is 5.91 Å². The van der Waals surface area contributed by atoms with Gasteiger partial charge in [0.15, 0.2) is 5.65 Å². The summed E-state index contributed by atoms with van der Waals surface area (Å²) in [5.74, 6) is 0.369. The molecule has 6 nitrogen and oxygen atoms in total. The third-order valence-corrected chi connectivity index (χ3v) is 5.56. The summed E-state index contributed by atoms with van der Waals surface area (Å²) in [5, 5.41) is 13.2. The second-order valence-electron chi connectivity index (χ2n) is 6.49. The highest BCUT2D eigenvalue weighted by atomic mass is 32.2. The Labute approximate surface area is 150 Å². The van der Waals surface area contributed by atoms with Crippen LogP contribution in [0.5, 0.6) is 0 Å². The lowest BCUT2D eigenvalue weighted by Crippen LogP contribution is -2.33. The number of H-pyrrole nitrogens is 1. The zero-order valence-electron chi connectivity index (χ0n) is 14.2. The van der Waals surface area contributed by atoms with Gasteiger partial charge in [0.05, 0.1) is 5.75 Å². The molecule has 0 unspecified atom stereocenters. The first-order valence-corrected chi connectivity index (χ1v) is 9.78. The van der Waals surface area contributed by atoms with E-state index in [2.05, 4.69) is 50.6 Å². The summed E-state index contributed by atoms with van der Waals surface area (Å²) in [4.78, 5) is 19.8. The van der Waals surface area contributed by atoms with E-state index in [1.54, 1.807) is 0 Å². The SMILES string of the molecule is CCc1ccc2[nH]c3nc(SCC(=O)NC4CCCC4)nnc3c2c1. The highest BCUT2D eigenvalue weighted by molar-refractivity contribution is 7.99. The fourth-order valence-electron chi connectivity index (χ4n) is 3.35. The minimum atomic E-state index is 0.0461. The van der Waals surface area contributed by atoms with E-state index in [1.807, 2.05) is 0 Å². The Morgan fingerprint density at radius 3 is 2.96 bits per heavy atom. The van der Waals surface area contributed by atoms with Crippen LogP contribution in [0.2, 0.25) is 0 Å². The second-order valence-corrected chi connectivity index (χ2v) is 7.43. The van der Waals surface area contributed by atoms with Crippen molar-refractivity contribution < 1.29 is 4.79 Å². The first-order valence-electron chi connectivity index (χ1n) is 8.80. The molecule has 1 aliphatic carbocycles. The Balaban J connectivity index is 1.49. The van der Waals surface area contributed by atoms with Gasteiger partial charge in [0.25, 0.3) is 0 Å². The molecule has 1 amide bonds. The highest BCUT2D eigenvalue weighted by Gasteiger charge is 2.17. The lowest BCUT2D eigenvalue weighted by Gasteiger charge is -2.10. The van der Waals surface area contributed by atoms with E-state index >= 15 is 0 Å². The minimum absolute atomic E-state index is 0.0461. The maximum atomic E-state index is 12.0. The molecule has 0 atom stereocenters. The van der Waals surface area contributed by atoms with Gasteiger partial charge in [-0.1, -0.05) is 37.6 Å². The molecule has 25 heavy (non-hydrogen) atoms. The molecule has 3 aromatic rings. The molecule has 0 radical (unpaired) electrons. The zero-order chi connectivity index (χ0) is 17.2. The molecule has 0 spiro atoms. The van der Waals surface area contributed by atoms with E-state index in [9.17, 15) is 4.79 Å². The van der Waals surface area contributed by atoms with Crippen LogP contribution in [-0.2, 0) is 11.2 Å². The van der Waals surface area contributed by atoms with Crippen LogP contribution in [0.15, 0.2) is 23.4 Å². The Bertz CT molecular complexity index is 916. The van der Waals surface area contributed by atoms with Gasteiger partial charge in [0, 0.05) is 16.9 Å². The number of thioether (sulfide) groups is 1. The predicted molar refractivity (Wildman–Crippen MR) is 99.7 cm³/mol. The van der Waals surface area contributed by atoms with Gasteiger partial charge in [-0.2, -0.15) is 0 Å². The van der Waals surface area contributed by atoms with Crippen molar-refractivity contribution >= 4 is 39.7 Å². The van der Waals surface area contributed by atoms with E-state index in [0.29, 0.717) is 17.0 Å². The molecular weight excluding hydrogens is 334 g/mol. The molecule has 0 saturated heterocycles. The normalized spacial score (nSPS) is 15.2. The molecule has 130 valence electrons. The molecule has 2 N–H and O–H groups in total. The summed E-state index contributed by atoms with van der Waals surface area (Å²) < 4.78 is 0. The molecule has 4 rings (SSSR count). The molecule has 2 aromatic heterocycles. The predicted octanol–water partition coefficient (Wildman–Crippen LogP) is 3.22. The van der Waals surface area contributed by atoms with Crippen LogP contribution in [0.25, 0.3) is 22.1 Å². The first-order chi connectivity index (χ1) is 12.2. The summed E-state index contributed by atoms with van der Waals surface area (Å²) >= 11 is 1.33. The van der Waals surface area contributed by atoms with Crippen LogP contribution in [-0.4, -0.2) is 37.9 Å². The van der Waals surface area contributed by atoms with Gasteiger partial charge >= 0.3 is 0 Å². The van der Waals surface area contributed by atoms with Crippen molar-refractivity contribution in [2.45, 2.75) is 50.2 Å². The van der Waals surface area contributed by atoms with Crippen molar-refractivity contribution in [3.8, 4) is 0 Å².